The highest BCUT2D eigenvalue weighted by molar-refractivity contribution is 7.71. The van der Waals surface area contributed by atoms with Gasteiger partial charge in [0.1, 0.15) is 12.4 Å². The third kappa shape index (κ3) is 4.79. The number of methoxy groups -OCH3 is 1. The Balaban J connectivity index is 1.82. The summed E-state index contributed by atoms with van der Waals surface area (Å²) in [4.78, 5) is 0. The number of hydrogen-bond donors (Lipinski definition) is 1. The second-order valence-electron chi connectivity index (χ2n) is 5.81. The van der Waals surface area contributed by atoms with Crippen molar-refractivity contribution in [1.82, 2.24) is 14.9 Å². The number of ether oxygens (including phenoxy) is 2. The highest BCUT2D eigenvalue weighted by Gasteiger charge is 2.37. The number of H-pyrrole nitrogens is 1. The van der Waals surface area contributed by atoms with E-state index in [-0.39, 0.29) is 33.5 Å². The summed E-state index contributed by atoms with van der Waals surface area (Å²) < 4.78 is 63.7. The molecule has 0 radical (unpaired) electrons. The standard InChI is InChI=1S/C18H13ClF4N4O2S/c1-28-15-7-10(8-24-27-16(18(21,22)23)25-26-17(27)30)5-6-14(15)29-9-11-12(19)3-2-4-13(11)20/h2-8H,9H2,1H3,(H,26,30). The van der Waals surface area contributed by atoms with E-state index in [1.807, 2.05) is 0 Å². The van der Waals surface area contributed by atoms with Crippen LogP contribution < -0.4 is 9.47 Å². The summed E-state index contributed by atoms with van der Waals surface area (Å²) in [6.07, 6.45) is -3.57. The van der Waals surface area contributed by atoms with Crippen molar-refractivity contribution in [2.24, 2.45) is 5.10 Å². The van der Waals surface area contributed by atoms with Crippen LogP contribution in [0.25, 0.3) is 0 Å². The first-order chi connectivity index (χ1) is 14.2. The lowest BCUT2D eigenvalue weighted by Crippen LogP contribution is -2.12. The predicted molar refractivity (Wildman–Crippen MR) is 104 cm³/mol. The Morgan fingerprint density at radius 1 is 1.27 bits per heavy atom. The van der Waals surface area contributed by atoms with Gasteiger partial charge in [-0.3, -0.25) is 0 Å². The Kier molecular flexibility index (Phi) is 6.42. The maximum atomic E-state index is 13.9. The summed E-state index contributed by atoms with van der Waals surface area (Å²) in [7, 11) is 1.38. The molecular weight excluding hydrogens is 448 g/mol. The van der Waals surface area contributed by atoms with Crippen molar-refractivity contribution in [3.8, 4) is 11.5 Å². The van der Waals surface area contributed by atoms with Gasteiger partial charge in [0.2, 0.25) is 4.77 Å². The summed E-state index contributed by atoms with van der Waals surface area (Å²) in [5.41, 5.74) is 0.584. The lowest BCUT2D eigenvalue weighted by atomic mass is 10.2. The first-order valence-corrected chi connectivity index (χ1v) is 9.02. The maximum absolute atomic E-state index is 13.9. The molecule has 3 rings (SSSR count). The number of alkyl halides is 3. The van der Waals surface area contributed by atoms with Crippen molar-refractivity contribution >= 4 is 30.0 Å². The van der Waals surface area contributed by atoms with Gasteiger partial charge in [-0.1, -0.05) is 17.7 Å². The third-order valence-corrected chi connectivity index (χ3v) is 4.47. The van der Waals surface area contributed by atoms with Gasteiger partial charge in [-0.15, -0.1) is 5.10 Å². The average Bonchev–Trinajstić information content (AvgIpc) is 3.07. The summed E-state index contributed by atoms with van der Waals surface area (Å²) in [6.45, 7) is -0.144. The van der Waals surface area contributed by atoms with Gasteiger partial charge in [0.05, 0.1) is 18.3 Å². The Morgan fingerprint density at radius 2 is 2.03 bits per heavy atom. The number of rotatable bonds is 6. The van der Waals surface area contributed by atoms with E-state index in [1.165, 1.54) is 43.5 Å². The van der Waals surface area contributed by atoms with Crippen LogP contribution in [0.3, 0.4) is 0 Å². The van der Waals surface area contributed by atoms with Crippen LogP contribution in [0.2, 0.25) is 5.02 Å². The van der Waals surface area contributed by atoms with Gasteiger partial charge in [-0.2, -0.15) is 22.9 Å². The minimum absolute atomic E-state index is 0.144. The van der Waals surface area contributed by atoms with E-state index in [0.717, 1.165) is 6.21 Å². The Morgan fingerprint density at radius 3 is 2.70 bits per heavy atom. The Bertz CT molecular complexity index is 1120. The molecule has 0 amide bonds. The molecule has 0 aliphatic rings. The van der Waals surface area contributed by atoms with Crippen LogP contribution in [0.5, 0.6) is 11.5 Å². The molecule has 1 aromatic heterocycles. The van der Waals surface area contributed by atoms with Crippen LogP contribution >= 0.6 is 23.8 Å². The minimum atomic E-state index is -4.73. The fourth-order valence-corrected chi connectivity index (χ4v) is 2.81. The molecule has 158 valence electrons. The number of nitrogens with zero attached hydrogens (tertiary/aromatic N) is 3. The van der Waals surface area contributed by atoms with E-state index in [9.17, 15) is 17.6 Å². The fourth-order valence-electron chi connectivity index (χ4n) is 2.41. The molecule has 30 heavy (non-hydrogen) atoms. The molecule has 1 N–H and O–H groups in total. The fraction of sp³-hybridized carbons (Fsp3) is 0.167. The van der Waals surface area contributed by atoms with Crippen LogP contribution in [0, 0.1) is 10.6 Å². The largest absolute Gasteiger partial charge is 0.493 e. The predicted octanol–water partition coefficient (Wildman–Crippen LogP) is 5.22. The van der Waals surface area contributed by atoms with Gasteiger partial charge < -0.3 is 9.47 Å². The summed E-state index contributed by atoms with van der Waals surface area (Å²) in [5.74, 6) is -1.25. The van der Waals surface area contributed by atoms with Gasteiger partial charge in [-0.05, 0) is 48.1 Å². The number of hydrogen-bond acceptors (Lipinski definition) is 5. The van der Waals surface area contributed by atoms with Crippen LogP contribution in [0.1, 0.15) is 17.0 Å². The van der Waals surface area contributed by atoms with E-state index in [1.54, 1.807) is 0 Å². The van der Waals surface area contributed by atoms with Gasteiger partial charge >= 0.3 is 6.18 Å². The first-order valence-electron chi connectivity index (χ1n) is 8.23. The number of aromatic amines is 1. The molecule has 1 heterocycles. The second-order valence-corrected chi connectivity index (χ2v) is 6.60. The molecule has 0 spiro atoms. The minimum Gasteiger partial charge on any atom is -0.493 e. The molecule has 12 heteroatoms. The topological polar surface area (TPSA) is 64.4 Å². The maximum Gasteiger partial charge on any atom is 0.453 e. The molecule has 0 atom stereocenters. The molecule has 0 fully saturated rings. The van der Waals surface area contributed by atoms with E-state index in [4.69, 9.17) is 33.3 Å². The highest BCUT2D eigenvalue weighted by Crippen LogP contribution is 2.30. The second kappa shape index (κ2) is 8.84. The summed E-state index contributed by atoms with van der Waals surface area (Å²) in [6, 6.07) is 8.80. The lowest BCUT2D eigenvalue weighted by Gasteiger charge is -2.12. The monoisotopic (exact) mass is 460 g/mol. The van der Waals surface area contributed by atoms with Crippen molar-refractivity contribution in [3.63, 3.8) is 0 Å². The third-order valence-electron chi connectivity index (χ3n) is 3.85. The van der Waals surface area contributed by atoms with E-state index < -0.39 is 17.8 Å². The van der Waals surface area contributed by atoms with Crippen LogP contribution in [0.4, 0.5) is 17.6 Å². The zero-order valence-electron chi connectivity index (χ0n) is 15.2. The molecule has 0 bridgehead atoms. The number of halogens is 5. The molecule has 0 unspecified atom stereocenters. The summed E-state index contributed by atoms with van der Waals surface area (Å²) in [5, 5.41) is 9.14. The molecule has 0 aliphatic carbocycles. The molecule has 2 aromatic carbocycles. The highest BCUT2D eigenvalue weighted by atomic mass is 35.5. The molecule has 3 aromatic rings. The zero-order chi connectivity index (χ0) is 21.9. The SMILES string of the molecule is COc1cc(C=Nn2c(C(F)(F)F)n[nH]c2=S)ccc1OCc1c(F)cccc1Cl. The van der Waals surface area contributed by atoms with Crippen molar-refractivity contribution < 1.29 is 27.0 Å². The zero-order valence-corrected chi connectivity index (χ0v) is 16.8. The molecule has 0 saturated heterocycles. The van der Waals surface area contributed by atoms with E-state index in [0.29, 0.717) is 10.2 Å². The van der Waals surface area contributed by atoms with Crippen molar-refractivity contribution in [1.29, 1.82) is 0 Å². The van der Waals surface area contributed by atoms with Crippen LogP contribution in [-0.2, 0) is 12.8 Å². The summed E-state index contributed by atoms with van der Waals surface area (Å²) >= 11 is 10.7. The van der Waals surface area contributed by atoms with Crippen LogP contribution in [-0.4, -0.2) is 28.2 Å². The van der Waals surface area contributed by atoms with Gasteiger partial charge in [0.25, 0.3) is 5.82 Å². The first kappa shape index (κ1) is 21.8. The molecule has 0 saturated carbocycles. The van der Waals surface area contributed by atoms with Crippen LogP contribution in [0.15, 0.2) is 41.5 Å². The molecule has 0 aliphatic heterocycles. The van der Waals surface area contributed by atoms with Gasteiger partial charge in [0, 0.05) is 5.56 Å². The normalized spacial score (nSPS) is 11.8. The van der Waals surface area contributed by atoms with E-state index >= 15 is 0 Å². The smallest absolute Gasteiger partial charge is 0.453 e. The average molecular weight is 461 g/mol. The lowest BCUT2D eigenvalue weighted by molar-refractivity contribution is -0.147. The molecule has 6 nitrogen and oxygen atoms in total. The quantitative estimate of drug-likeness (QED) is 0.311. The number of aromatic nitrogens is 3. The van der Waals surface area contributed by atoms with Crippen molar-refractivity contribution in [2.45, 2.75) is 12.8 Å². The Labute approximate surface area is 177 Å². The number of benzene rings is 2. The van der Waals surface area contributed by atoms with Gasteiger partial charge in [-0.25, -0.2) is 9.49 Å². The van der Waals surface area contributed by atoms with Crippen molar-refractivity contribution in [2.75, 3.05) is 7.11 Å². The van der Waals surface area contributed by atoms with Crippen molar-refractivity contribution in [3.05, 3.63) is 69.0 Å². The van der Waals surface area contributed by atoms with E-state index in [2.05, 4.69) is 15.3 Å². The van der Waals surface area contributed by atoms with Gasteiger partial charge in [0.15, 0.2) is 11.5 Å². The number of nitrogens with one attached hydrogen (secondary N) is 1. The Hall–Kier alpha value is -2.92. The molecular formula is C18H13ClF4N4O2S.